The van der Waals surface area contributed by atoms with Crippen LogP contribution >= 0.6 is 11.8 Å². The molecule has 0 bridgehead atoms. The highest BCUT2D eigenvalue weighted by Crippen LogP contribution is 2.52. The minimum atomic E-state index is -3.77. The van der Waals surface area contributed by atoms with Crippen LogP contribution in [0.2, 0.25) is 0 Å². The summed E-state index contributed by atoms with van der Waals surface area (Å²) in [5, 5.41) is 14.9. The summed E-state index contributed by atoms with van der Waals surface area (Å²) in [6.45, 7) is 4.32. The topological polar surface area (TPSA) is 157 Å². The highest BCUT2D eigenvalue weighted by Gasteiger charge is 2.60. The number of nitrogens with zero attached hydrogens (tertiary/aromatic N) is 2. The normalized spacial score (nSPS) is 28.5. The Labute approximate surface area is 172 Å². The molecule has 13 heteroatoms. The molecule has 29 heavy (non-hydrogen) atoms. The molecule has 2 fully saturated rings. The Balaban J connectivity index is 1.80. The average molecular weight is 450 g/mol. The second-order valence-electron chi connectivity index (χ2n) is 7.25. The van der Waals surface area contributed by atoms with E-state index < -0.39 is 47.0 Å². The number of nitrogens with two attached hydrogens (primary N) is 1. The van der Waals surface area contributed by atoms with Crippen molar-refractivity contribution in [3.8, 4) is 0 Å². The maximum Gasteiger partial charge on any atom is 0.358 e. The van der Waals surface area contributed by atoms with Crippen molar-refractivity contribution in [3.63, 3.8) is 0 Å². The Kier molecular flexibility index (Phi) is 5.98. The molecule has 2 saturated heterocycles. The quantitative estimate of drug-likeness (QED) is 0.275. The Morgan fingerprint density at radius 1 is 1.34 bits per heavy atom. The molecule has 4 atom stereocenters. The first-order chi connectivity index (χ1) is 13.4. The molecule has 3 aliphatic rings. The van der Waals surface area contributed by atoms with Crippen LogP contribution in [0.5, 0.6) is 0 Å². The standard InChI is InChI=1S/C16H23N3O8S2/c1-7-12-11(8(2)20)15(22)19(12)13(16(23)27-6-26-9(3)21)14(7)28-10-4-18(5-10)29(17,24)25/h7-8,10-12,20H,4-6H2,1-3H3,(H2,17,24,25)/t7-,8-,11-,12-/m1/s1. The average Bonchev–Trinajstić information content (AvgIpc) is 2.77. The minimum absolute atomic E-state index is 0.0515. The van der Waals surface area contributed by atoms with Gasteiger partial charge in [0.25, 0.3) is 10.2 Å². The number of aliphatic hydroxyl groups is 1. The maximum absolute atomic E-state index is 12.6. The number of amides is 1. The molecular weight excluding hydrogens is 426 g/mol. The van der Waals surface area contributed by atoms with Crippen molar-refractivity contribution in [1.29, 1.82) is 0 Å². The van der Waals surface area contributed by atoms with Gasteiger partial charge in [-0.25, -0.2) is 9.93 Å². The van der Waals surface area contributed by atoms with E-state index in [9.17, 15) is 27.9 Å². The van der Waals surface area contributed by atoms with Gasteiger partial charge in [0, 0.05) is 36.1 Å². The number of hydrogen-bond acceptors (Lipinski definition) is 9. The molecular formula is C16H23N3O8S2. The Morgan fingerprint density at radius 2 is 1.97 bits per heavy atom. The summed E-state index contributed by atoms with van der Waals surface area (Å²) in [4.78, 5) is 38.0. The summed E-state index contributed by atoms with van der Waals surface area (Å²) in [5.74, 6) is -2.71. The number of carbonyl (C=O) groups excluding carboxylic acids is 3. The van der Waals surface area contributed by atoms with Gasteiger partial charge in [-0.3, -0.25) is 9.59 Å². The fraction of sp³-hybridized carbons (Fsp3) is 0.688. The van der Waals surface area contributed by atoms with Crippen molar-refractivity contribution in [3.05, 3.63) is 10.6 Å². The zero-order chi connectivity index (χ0) is 21.7. The summed E-state index contributed by atoms with van der Waals surface area (Å²) in [6, 6.07) is -0.393. The number of esters is 2. The van der Waals surface area contributed by atoms with Gasteiger partial charge in [-0.1, -0.05) is 6.92 Å². The third-order valence-corrected chi connectivity index (χ3v) is 7.69. The summed E-state index contributed by atoms with van der Waals surface area (Å²) in [6.07, 6.45) is -0.879. The number of thioether (sulfide) groups is 1. The predicted molar refractivity (Wildman–Crippen MR) is 101 cm³/mol. The van der Waals surface area contributed by atoms with Crippen molar-refractivity contribution in [2.24, 2.45) is 17.0 Å². The van der Waals surface area contributed by atoms with Gasteiger partial charge in [-0.05, 0) is 6.92 Å². The van der Waals surface area contributed by atoms with Crippen molar-refractivity contribution in [2.75, 3.05) is 19.9 Å². The summed E-state index contributed by atoms with van der Waals surface area (Å²) in [5.41, 5.74) is 0.0515. The summed E-state index contributed by atoms with van der Waals surface area (Å²) >= 11 is 1.30. The Hall–Kier alpha value is -1.67. The SMILES string of the molecule is CC(=O)OCOC(=O)C1=C(SC2CN(S(N)(=O)=O)C2)[C@H](C)[C@@H]2[C@@H]([C@@H](C)O)C(=O)N12. The number of aliphatic hydroxyl groups excluding tert-OH is 1. The van der Waals surface area contributed by atoms with Crippen LogP contribution in [0.25, 0.3) is 0 Å². The fourth-order valence-corrected chi connectivity index (χ4v) is 6.25. The van der Waals surface area contributed by atoms with E-state index in [2.05, 4.69) is 4.74 Å². The largest absolute Gasteiger partial charge is 0.428 e. The van der Waals surface area contributed by atoms with E-state index in [4.69, 9.17) is 9.88 Å². The molecule has 162 valence electrons. The number of carbonyl (C=O) groups is 3. The summed E-state index contributed by atoms with van der Waals surface area (Å²) < 4.78 is 33.5. The van der Waals surface area contributed by atoms with Crippen LogP contribution in [0.3, 0.4) is 0 Å². The lowest BCUT2D eigenvalue weighted by Crippen LogP contribution is -2.63. The van der Waals surface area contributed by atoms with E-state index in [1.807, 2.05) is 6.92 Å². The van der Waals surface area contributed by atoms with Crippen LogP contribution in [-0.2, 0) is 34.1 Å². The van der Waals surface area contributed by atoms with Gasteiger partial charge in [-0.15, -0.1) is 11.8 Å². The molecule has 11 nitrogen and oxygen atoms in total. The van der Waals surface area contributed by atoms with Crippen LogP contribution in [-0.4, -0.2) is 77.9 Å². The van der Waals surface area contributed by atoms with E-state index >= 15 is 0 Å². The number of fused-ring (bicyclic) bond motifs is 1. The van der Waals surface area contributed by atoms with Crippen LogP contribution in [0.1, 0.15) is 20.8 Å². The van der Waals surface area contributed by atoms with Gasteiger partial charge in [0.1, 0.15) is 5.70 Å². The van der Waals surface area contributed by atoms with Gasteiger partial charge in [0.15, 0.2) is 0 Å². The van der Waals surface area contributed by atoms with E-state index in [0.29, 0.717) is 4.91 Å². The van der Waals surface area contributed by atoms with E-state index in [-0.39, 0.29) is 35.9 Å². The van der Waals surface area contributed by atoms with Crippen LogP contribution in [0.4, 0.5) is 0 Å². The van der Waals surface area contributed by atoms with Gasteiger partial charge in [0.2, 0.25) is 12.7 Å². The number of ether oxygens (including phenoxy) is 2. The van der Waals surface area contributed by atoms with E-state index in [0.717, 1.165) is 4.31 Å². The highest BCUT2D eigenvalue weighted by atomic mass is 32.2. The molecule has 0 unspecified atom stereocenters. The van der Waals surface area contributed by atoms with Gasteiger partial charge >= 0.3 is 11.9 Å². The molecule has 1 amide bonds. The van der Waals surface area contributed by atoms with E-state index in [1.165, 1.54) is 30.5 Å². The lowest BCUT2D eigenvalue weighted by molar-refractivity contribution is -0.171. The molecule has 0 radical (unpaired) electrons. The molecule has 0 aromatic heterocycles. The van der Waals surface area contributed by atoms with E-state index in [1.54, 1.807) is 0 Å². The monoisotopic (exact) mass is 449 g/mol. The van der Waals surface area contributed by atoms with Crippen LogP contribution in [0.15, 0.2) is 10.6 Å². The highest BCUT2D eigenvalue weighted by molar-refractivity contribution is 8.04. The smallest absolute Gasteiger partial charge is 0.358 e. The van der Waals surface area contributed by atoms with Gasteiger partial charge < -0.3 is 19.5 Å². The molecule has 3 aliphatic heterocycles. The van der Waals surface area contributed by atoms with Crippen LogP contribution in [0, 0.1) is 11.8 Å². The van der Waals surface area contributed by atoms with Crippen molar-refractivity contribution < 1.29 is 37.4 Å². The number of rotatable bonds is 7. The second-order valence-corrected chi connectivity index (χ2v) is 10.1. The lowest BCUT2D eigenvalue weighted by atomic mass is 9.79. The first-order valence-corrected chi connectivity index (χ1v) is 11.3. The zero-order valence-corrected chi connectivity index (χ0v) is 17.7. The third kappa shape index (κ3) is 4.01. The lowest BCUT2D eigenvalue weighted by Gasteiger charge is -2.46. The van der Waals surface area contributed by atoms with Crippen molar-refractivity contribution >= 4 is 39.8 Å². The van der Waals surface area contributed by atoms with Gasteiger partial charge in [-0.2, -0.15) is 12.7 Å². The first-order valence-electron chi connectivity index (χ1n) is 8.93. The minimum Gasteiger partial charge on any atom is -0.428 e. The maximum atomic E-state index is 12.6. The molecule has 3 heterocycles. The zero-order valence-electron chi connectivity index (χ0n) is 16.1. The second kappa shape index (κ2) is 7.87. The first kappa shape index (κ1) is 22.0. The van der Waals surface area contributed by atoms with Crippen molar-refractivity contribution in [2.45, 2.75) is 38.2 Å². The Bertz CT molecular complexity index is 865. The molecule has 0 saturated carbocycles. The molecule has 3 rings (SSSR count). The van der Waals surface area contributed by atoms with Crippen molar-refractivity contribution in [1.82, 2.24) is 9.21 Å². The van der Waals surface area contributed by atoms with Gasteiger partial charge in [0.05, 0.1) is 18.1 Å². The summed E-state index contributed by atoms with van der Waals surface area (Å²) in [7, 11) is -3.77. The van der Waals surface area contributed by atoms with Crippen LogP contribution < -0.4 is 5.14 Å². The predicted octanol–water partition coefficient (Wildman–Crippen LogP) is -1.26. The molecule has 0 spiro atoms. The number of β-lactam (4-membered cyclic amide) rings is 1. The number of hydrogen-bond donors (Lipinski definition) is 2. The molecule has 3 N–H and O–H groups in total. The molecule has 0 aliphatic carbocycles. The molecule has 0 aromatic rings. The fourth-order valence-electron chi connectivity index (χ4n) is 3.77. The Morgan fingerprint density at radius 3 is 2.48 bits per heavy atom. The molecule has 0 aromatic carbocycles. The third-order valence-electron chi connectivity index (χ3n) is 5.22.